The molecular formula is C29H39F2N11O4. The molecule has 0 bridgehead atoms. The van der Waals surface area contributed by atoms with E-state index >= 15 is 0 Å². The molecule has 2 aromatic rings. The molecule has 5 rings (SSSR count). The number of nitrogens with zero attached hydrogens (tertiary/aromatic N) is 10. The number of hydrogen-bond acceptors (Lipinski definition) is 12. The SMILES string of the molecule is C=CC(=O)N1CCC(C(=O)N(C)CCC(=O)N2CCN(c3nc(-c4cnc(N)nc4C(F)F)nc(N4CCOCC4)n3)CC2)CC1. The van der Waals surface area contributed by atoms with Gasteiger partial charge in [-0.3, -0.25) is 14.4 Å². The van der Waals surface area contributed by atoms with E-state index < -0.39 is 12.1 Å². The van der Waals surface area contributed by atoms with Crippen LogP contribution in [0, 0.1) is 5.92 Å². The number of carbonyl (C=O) groups is 3. The van der Waals surface area contributed by atoms with E-state index in [0.29, 0.717) is 96.9 Å². The molecule has 0 saturated carbocycles. The van der Waals surface area contributed by atoms with Crippen LogP contribution in [0.25, 0.3) is 11.4 Å². The summed E-state index contributed by atoms with van der Waals surface area (Å²) in [6.07, 6.45) is 0.903. The van der Waals surface area contributed by atoms with Gasteiger partial charge in [-0.15, -0.1) is 0 Å². The van der Waals surface area contributed by atoms with Crippen LogP contribution >= 0.6 is 0 Å². The number of ether oxygens (including phenoxy) is 1. The van der Waals surface area contributed by atoms with Gasteiger partial charge in [0.05, 0.1) is 18.8 Å². The average molecular weight is 644 g/mol. The molecule has 3 amide bonds. The maximum Gasteiger partial charge on any atom is 0.281 e. The predicted octanol–water partition coefficient (Wildman–Crippen LogP) is 0.607. The molecule has 46 heavy (non-hydrogen) atoms. The van der Waals surface area contributed by atoms with E-state index in [1.165, 1.54) is 12.3 Å². The molecule has 2 aromatic heterocycles. The number of nitrogens with two attached hydrogens (primary N) is 1. The molecule has 0 spiro atoms. The maximum absolute atomic E-state index is 13.9. The van der Waals surface area contributed by atoms with Crippen LogP contribution in [0.4, 0.5) is 26.6 Å². The van der Waals surface area contributed by atoms with Gasteiger partial charge in [0.25, 0.3) is 6.43 Å². The molecule has 0 aliphatic carbocycles. The Labute approximate surface area is 265 Å². The van der Waals surface area contributed by atoms with Crippen LogP contribution in [0.5, 0.6) is 0 Å². The van der Waals surface area contributed by atoms with E-state index in [4.69, 9.17) is 10.5 Å². The Morgan fingerprint density at radius 2 is 1.61 bits per heavy atom. The number of hydrogen-bond donors (Lipinski definition) is 1. The van der Waals surface area contributed by atoms with Crippen LogP contribution in [0.2, 0.25) is 0 Å². The van der Waals surface area contributed by atoms with E-state index in [1.807, 2.05) is 9.80 Å². The van der Waals surface area contributed by atoms with Crippen molar-refractivity contribution in [2.75, 3.05) is 94.7 Å². The summed E-state index contributed by atoms with van der Waals surface area (Å²) in [5.41, 5.74) is 4.97. The van der Waals surface area contributed by atoms with Crippen molar-refractivity contribution in [3.8, 4) is 11.4 Å². The van der Waals surface area contributed by atoms with Crippen LogP contribution in [0.1, 0.15) is 31.4 Å². The first-order valence-corrected chi connectivity index (χ1v) is 15.3. The lowest BCUT2D eigenvalue weighted by atomic mass is 9.95. The number of alkyl halides is 2. The third kappa shape index (κ3) is 7.63. The summed E-state index contributed by atoms with van der Waals surface area (Å²) in [6, 6.07) is 0. The zero-order valence-corrected chi connectivity index (χ0v) is 25.9. The molecule has 3 fully saturated rings. The third-order valence-corrected chi connectivity index (χ3v) is 8.47. The lowest BCUT2D eigenvalue weighted by Gasteiger charge is -2.36. The summed E-state index contributed by atoms with van der Waals surface area (Å²) in [5.74, 6) is -0.0572. The molecule has 17 heteroatoms. The number of anilines is 3. The molecule has 0 unspecified atom stereocenters. The van der Waals surface area contributed by atoms with Gasteiger partial charge in [-0.1, -0.05) is 6.58 Å². The van der Waals surface area contributed by atoms with Gasteiger partial charge in [0, 0.05) is 84.5 Å². The van der Waals surface area contributed by atoms with Gasteiger partial charge in [-0.05, 0) is 18.9 Å². The highest BCUT2D eigenvalue weighted by molar-refractivity contribution is 5.87. The molecule has 5 heterocycles. The zero-order chi connectivity index (χ0) is 32.8. The van der Waals surface area contributed by atoms with Gasteiger partial charge in [-0.25, -0.2) is 18.7 Å². The fourth-order valence-corrected chi connectivity index (χ4v) is 5.74. The van der Waals surface area contributed by atoms with E-state index in [1.54, 1.807) is 21.7 Å². The number of nitrogen functional groups attached to an aromatic ring is 1. The summed E-state index contributed by atoms with van der Waals surface area (Å²) in [4.78, 5) is 68.0. The van der Waals surface area contributed by atoms with E-state index in [9.17, 15) is 23.2 Å². The van der Waals surface area contributed by atoms with Gasteiger partial charge in [0.2, 0.25) is 35.6 Å². The second kappa shape index (κ2) is 14.7. The normalized spacial score (nSPS) is 17.7. The fourth-order valence-electron chi connectivity index (χ4n) is 5.74. The first-order valence-electron chi connectivity index (χ1n) is 15.3. The Morgan fingerprint density at radius 3 is 2.22 bits per heavy atom. The van der Waals surface area contributed by atoms with Gasteiger partial charge in [0.15, 0.2) is 5.82 Å². The number of morpholine rings is 1. The number of likely N-dealkylation sites (tertiary alicyclic amines) is 1. The summed E-state index contributed by atoms with van der Waals surface area (Å²) in [7, 11) is 1.70. The van der Waals surface area contributed by atoms with Crippen molar-refractivity contribution in [2.24, 2.45) is 5.92 Å². The van der Waals surface area contributed by atoms with Gasteiger partial charge in [-0.2, -0.15) is 15.0 Å². The summed E-state index contributed by atoms with van der Waals surface area (Å²) in [6.45, 7) is 8.43. The highest BCUT2D eigenvalue weighted by atomic mass is 19.3. The van der Waals surface area contributed by atoms with Crippen LogP contribution < -0.4 is 15.5 Å². The maximum atomic E-state index is 13.9. The standard InChI is InChI=1S/C29H39F2N11O4/c1-3-21(43)39-8-4-19(5-9-39)26(45)38(2)7-6-22(44)40-10-12-41(13-11-40)28-35-25(20-18-33-27(32)34-23(20)24(30)31)36-29(37-28)42-14-16-46-17-15-42/h3,18-19,24H,1,4-17H2,2H3,(H2,32,33,34). The van der Waals surface area contributed by atoms with Crippen LogP contribution in [-0.2, 0) is 19.1 Å². The molecular weight excluding hydrogens is 604 g/mol. The highest BCUT2D eigenvalue weighted by Gasteiger charge is 2.30. The molecule has 15 nitrogen and oxygen atoms in total. The minimum atomic E-state index is -2.92. The first kappa shape index (κ1) is 32.8. The van der Waals surface area contributed by atoms with Crippen molar-refractivity contribution < 1.29 is 27.9 Å². The molecule has 0 radical (unpaired) electrons. The van der Waals surface area contributed by atoms with Crippen LogP contribution in [0.3, 0.4) is 0 Å². The second-order valence-corrected chi connectivity index (χ2v) is 11.4. The number of piperazine rings is 1. The van der Waals surface area contributed by atoms with E-state index in [2.05, 4.69) is 31.5 Å². The number of carbonyl (C=O) groups excluding carboxylic acids is 3. The Bertz CT molecular complexity index is 1430. The van der Waals surface area contributed by atoms with Crippen molar-refractivity contribution in [1.82, 2.24) is 39.6 Å². The number of piperidine rings is 1. The average Bonchev–Trinajstić information content (AvgIpc) is 3.10. The number of aromatic nitrogens is 5. The van der Waals surface area contributed by atoms with Crippen molar-refractivity contribution in [3.05, 3.63) is 24.5 Å². The Balaban J connectivity index is 1.21. The predicted molar refractivity (Wildman–Crippen MR) is 164 cm³/mol. The van der Waals surface area contributed by atoms with E-state index in [0.717, 1.165) is 0 Å². The largest absolute Gasteiger partial charge is 0.378 e. The molecule has 0 aromatic carbocycles. The topological polar surface area (TPSA) is 167 Å². The second-order valence-electron chi connectivity index (χ2n) is 11.4. The monoisotopic (exact) mass is 643 g/mol. The first-order chi connectivity index (χ1) is 22.1. The fraction of sp³-hybridized carbons (Fsp3) is 0.586. The summed E-state index contributed by atoms with van der Waals surface area (Å²) < 4.78 is 33.2. The smallest absolute Gasteiger partial charge is 0.281 e. The molecule has 248 valence electrons. The van der Waals surface area contributed by atoms with Gasteiger partial charge >= 0.3 is 0 Å². The molecule has 3 aliphatic rings. The van der Waals surface area contributed by atoms with Crippen LogP contribution in [0.15, 0.2) is 18.9 Å². The summed E-state index contributed by atoms with van der Waals surface area (Å²) in [5, 5.41) is 0. The Hall–Kier alpha value is -4.54. The summed E-state index contributed by atoms with van der Waals surface area (Å²) >= 11 is 0. The molecule has 0 atom stereocenters. The van der Waals surface area contributed by atoms with Gasteiger partial charge < -0.3 is 35.0 Å². The number of halogens is 2. The lowest BCUT2D eigenvalue weighted by molar-refractivity contribution is -0.139. The lowest BCUT2D eigenvalue weighted by Crippen LogP contribution is -2.50. The Morgan fingerprint density at radius 1 is 0.978 bits per heavy atom. The zero-order valence-electron chi connectivity index (χ0n) is 25.9. The van der Waals surface area contributed by atoms with Crippen molar-refractivity contribution in [1.29, 1.82) is 0 Å². The Kier molecular flexibility index (Phi) is 10.5. The molecule has 3 saturated heterocycles. The van der Waals surface area contributed by atoms with Crippen molar-refractivity contribution in [3.63, 3.8) is 0 Å². The highest BCUT2D eigenvalue weighted by Crippen LogP contribution is 2.30. The number of rotatable bonds is 9. The minimum absolute atomic E-state index is 0.00554. The number of amides is 3. The quantitative estimate of drug-likeness (QED) is 0.379. The molecule has 2 N–H and O–H groups in total. The van der Waals surface area contributed by atoms with E-state index in [-0.39, 0.29) is 47.4 Å². The van der Waals surface area contributed by atoms with Gasteiger partial charge in [0.1, 0.15) is 5.69 Å². The van der Waals surface area contributed by atoms with Crippen molar-refractivity contribution in [2.45, 2.75) is 25.7 Å². The van der Waals surface area contributed by atoms with Crippen LogP contribution in [-0.4, -0.2) is 137 Å². The third-order valence-electron chi connectivity index (χ3n) is 8.47. The minimum Gasteiger partial charge on any atom is -0.378 e. The van der Waals surface area contributed by atoms with Crippen molar-refractivity contribution >= 4 is 35.6 Å². The molecule has 3 aliphatic heterocycles.